The Morgan fingerprint density at radius 3 is 2.45 bits per heavy atom. The predicted octanol–water partition coefficient (Wildman–Crippen LogP) is 3.41. The van der Waals surface area contributed by atoms with Gasteiger partial charge >= 0.3 is 0 Å². The zero-order chi connectivity index (χ0) is 30.1. The lowest BCUT2D eigenvalue weighted by atomic mass is 10.00. The highest BCUT2D eigenvalue weighted by molar-refractivity contribution is 7.09. The molecule has 0 saturated heterocycles. The van der Waals surface area contributed by atoms with Crippen LogP contribution in [0.15, 0.2) is 72.1 Å². The molecule has 2 heterocycles. The molecule has 2 atom stereocenters. The molecule has 42 heavy (non-hydrogen) atoms. The van der Waals surface area contributed by atoms with Crippen molar-refractivity contribution in [3.8, 4) is 0 Å². The van der Waals surface area contributed by atoms with Crippen molar-refractivity contribution >= 4 is 23.2 Å². The molecule has 0 fully saturated rings. The Morgan fingerprint density at radius 2 is 1.76 bits per heavy atom. The second-order valence-electron chi connectivity index (χ2n) is 10.3. The number of nitrogens with one attached hydrogen (secondary N) is 2. The smallest absolute Gasteiger partial charge is 0.253 e. The van der Waals surface area contributed by atoms with Crippen LogP contribution in [0.4, 0.5) is 0 Å². The second kappa shape index (κ2) is 14.8. The molecule has 10 heteroatoms. The molecule has 0 spiro atoms. The van der Waals surface area contributed by atoms with E-state index in [1.807, 2.05) is 61.7 Å². The molecule has 0 aliphatic heterocycles. The third-order valence-electron chi connectivity index (χ3n) is 6.92. The summed E-state index contributed by atoms with van der Waals surface area (Å²) in [6.45, 7) is 4.72. The highest BCUT2D eigenvalue weighted by Crippen LogP contribution is 2.15. The number of benzene rings is 2. The molecule has 0 unspecified atom stereocenters. The van der Waals surface area contributed by atoms with Gasteiger partial charge in [-0.1, -0.05) is 42.5 Å². The summed E-state index contributed by atoms with van der Waals surface area (Å²) in [6, 6.07) is 19.4. The average Bonchev–Trinajstić information content (AvgIpc) is 3.41. The van der Waals surface area contributed by atoms with Crippen LogP contribution < -0.4 is 10.6 Å². The summed E-state index contributed by atoms with van der Waals surface area (Å²) in [7, 11) is 1.71. The van der Waals surface area contributed by atoms with E-state index in [9.17, 15) is 19.8 Å². The molecule has 9 nitrogen and oxygen atoms in total. The minimum Gasteiger partial charge on any atom is -0.392 e. The van der Waals surface area contributed by atoms with Gasteiger partial charge in [0, 0.05) is 48.0 Å². The first kappa shape index (κ1) is 31.0. The van der Waals surface area contributed by atoms with Crippen molar-refractivity contribution in [3.63, 3.8) is 0 Å². The highest BCUT2D eigenvalue weighted by Gasteiger charge is 2.23. The number of hydrogen-bond donors (Lipinski definition) is 4. The van der Waals surface area contributed by atoms with Gasteiger partial charge in [-0.2, -0.15) is 0 Å². The lowest BCUT2D eigenvalue weighted by Crippen LogP contribution is -2.48. The van der Waals surface area contributed by atoms with Gasteiger partial charge in [0.2, 0.25) is 0 Å². The Balaban J connectivity index is 1.42. The van der Waals surface area contributed by atoms with Crippen LogP contribution in [-0.2, 0) is 26.1 Å². The molecule has 2 aromatic heterocycles. The van der Waals surface area contributed by atoms with Gasteiger partial charge in [-0.05, 0) is 55.7 Å². The summed E-state index contributed by atoms with van der Waals surface area (Å²) < 4.78 is 0. The Kier molecular flexibility index (Phi) is 10.9. The van der Waals surface area contributed by atoms with Gasteiger partial charge in [-0.25, -0.2) is 4.98 Å². The lowest BCUT2D eigenvalue weighted by molar-refractivity contribution is 0.0784. The fraction of sp³-hybridized carbons (Fsp3) is 0.312. The largest absolute Gasteiger partial charge is 0.392 e. The lowest BCUT2D eigenvalue weighted by Gasteiger charge is -2.25. The van der Waals surface area contributed by atoms with Crippen LogP contribution in [0.1, 0.15) is 53.9 Å². The van der Waals surface area contributed by atoms with Crippen molar-refractivity contribution in [2.75, 3.05) is 13.6 Å². The van der Waals surface area contributed by atoms with Crippen LogP contribution in [0.2, 0.25) is 0 Å². The van der Waals surface area contributed by atoms with E-state index >= 15 is 0 Å². The summed E-state index contributed by atoms with van der Waals surface area (Å²) in [5.74, 6) is -0.585. The molecule has 220 valence electrons. The van der Waals surface area contributed by atoms with Crippen LogP contribution in [0.5, 0.6) is 0 Å². The SMILES string of the molecule is Cc1csc(CN(C)C(=O)c2cccc(C(=O)N[C@@H](Cc3ccccc3)[C@H](O)CNCc3ccc(CO)c(C)n3)c2)n1. The van der Waals surface area contributed by atoms with Crippen molar-refractivity contribution in [2.24, 2.45) is 0 Å². The fourth-order valence-corrected chi connectivity index (χ4v) is 5.39. The third kappa shape index (κ3) is 8.53. The molecular weight excluding hydrogens is 550 g/mol. The number of nitrogens with zero attached hydrogens (tertiary/aromatic N) is 3. The number of aliphatic hydroxyl groups is 2. The van der Waals surface area contributed by atoms with Crippen molar-refractivity contribution in [2.45, 2.75) is 52.1 Å². The van der Waals surface area contributed by atoms with Crippen molar-refractivity contribution in [1.82, 2.24) is 25.5 Å². The van der Waals surface area contributed by atoms with Crippen LogP contribution in [0.3, 0.4) is 0 Å². The van der Waals surface area contributed by atoms with E-state index in [2.05, 4.69) is 20.6 Å². The zero-order valence-corrected chi connectivity index (χ0v) is 24.9. The molecule has 4 N–H and O–H groups in total. The van der Waals surface area contributed by atoms with Crippen molar-refractivity contribution in [3.05, 3.63) is 116 Å². The number of aromatic nitrogens is 2. The minimum absolute atomic E-state index is 0.0633. The van der Waals surface area contributed by atoms with Gasteiger partial charge in [0.15, 0.2) is 0 Å². The van der Waals surface area contributed by atoms with Crippen LogP contribution >= 0.6 is 11.3 Å². The number of aryl methyl sites for hydroxylation is 2. The minimum atomic E-state index is -0.898. The monoisotopic (exact) mass is 587 g/mol. The number of pyridine rings is 1. The number of carbonyl (C=O) groups excluding carboxylic acids is 2. The maximum absolute atomic E-state index is 13.4. The molecule has 4 rings (SSSR count). The number of thiazole rings is 1. The molecule has 0 radical (unpaired) electrons. The first-order chi connectivity index (χ1) is 20.2. The second-order valence-corrected chi connectivity index (χ2v) is 11.2. The predicted molar refractivity (Wildman–Crippen MR) is 163 cm³/mol. The zero-order valence-electron chi connectivity index (χ0n) is 24.1. The van der Waals surface area contributed by atoms with Crippen LogP contribution in [0.25, 0.3) is 0 Å². The summed E-state index contributed by atoms with van der Waals surface area (Å²) in [6.07, 6.45) is -0.475. The summed E-state index contributed by atoms with van der Waals surface area (Å²) in [5, 5.41) is 29.5. The molecule has 0 aliphatic rings. The van der Waals surface area contributed by atoms with Crippen LogP contribution in [0, 0.1) is 13.8 Å². The topological polar surface area (TPSA) is 128 Å². The molecule has 2 amide bonds. The Hall–Kier alpha value is -3.96. The maximum atomic E-state index is 13.4. The average molecular weight is 588 g/mol. The van der Waals surface area contributed by atoms with Crippen molar-refractivity contribution in [1.29, 1.82) is 0 Å². The third-order valence-corrected chi connectivity index (χ3v) is 7.87. The van der Waals surface area contributed by atoms with Gasteiger partial charge in [0.05, 0.1) is 31.0 Å². The maximum Gasteiger partial charge on any atom is 0.253 e. The number of amides is 2. The van der Waals surface area contributed by atoms with Gasteiger partial charge in [0.1, 0.15) is 5.01 Å². The highest BCUT2D eigenvalue weighted by atomic mass is 32.1. The van der Waals surface area contributed by atoms with Gasteiger partial charge in [-0.15, -0.1) is 11.3 Å². The van der Waals surface area contributed by atoms with Gasteiger partial charge in [-0.3, -0.25) is 14.6 Å². The molecule has 0 aliphatic carbocycles. The number of hydrogen-bond acceptors (Lipinski definition) is 8. The summed E-state index contributed by atoms with van der Waals surface area (Å²) in [4.78, 5) is 37.0. The first-order valence-corrected chi connectivity index (χ1v) is 14.7. The number of aliphatic hydroxyl groups excluding tert-OH is 2. The van der Waals surface area contributed by atoms with E-state index in [-0.39, 0.29) is 25.0 Å². The molecule has 4 aromatic rings. The van der Waals surface area contributed by atoms with E-state index in [4.69, 9.17) is 0 Å². The number of carbonyl (C=O) groups is 2. The normalized spacial score (nSPS) is 12.5. The quantitative estimate of drug-likeness (QED) is 0.189. The van der Waals surface area contributed by atoms with E-state index in [1.165, 1.54) is 11.3 Å². The summed E-state index contributed by atoms with van der Waals surface area (Å²) in [5.41, 5.74) is 4.95. The van der Waals surface area contributed by atoms with E-state index in [0.29, 0.717) is 30.6 Å². The standard InChI is InChI=1S/C32H37N5O4S/c1-21-20-42-30(34-21)18-37(3)32(41)25-11-7-10-24(15-25)31(40)36-28(14-23-8-5-4-6-9-23)29(39)17-33-16-27-13-12-26(19-38)22(2)35-27/h4-13,15,20,28-29,33,38-39H,14,16-19H2,1-3H3,(H,36,40)/t28-,29+/m0/s1. The van der Waals surface area contributed by atoms with E-state index in [1.54, 1.807) is 36.2 Å². The van der Waals surface area contributed by atoms with Crippen molar-refractivity contribution < 1.29 is 19.8 Å². The van der Waals surface area contributed by atoms with E-state index < -0.39 is 12.1 Å². The van der Waals surface area contributed by atoms with E-state index in [0.717, 1.165) is 33.2 Å². The van der Waals surface area contributed by atoms with Crippen LogP contribution in [-0.4, -0.2) is 62.6 Å². The van der Waals surface area contributed by atoms with Gasteiger partial charge in [0.25, 0.3) is 11.8 Å². The Bertz CT molecular complexity index is 1490. The molecule has 0 saturated carbocycles. The fourth-order valence-electron chi connectivity index (χ4n) is 4.56. The van der Waals surface area contributed by atoms with Gasteiger partial charge < -0.3 is 25.7 Å². The Morgan fingerprint density at radius 1 is 1.00 bits per heavy atom. The molecule has 2 aromatic carbocycles. The Labute approximate surface area is 250 Å². The molecule has 0 bridgehead atoms. The first-order valence-electron chi connectivity index (χ1n) is 13.8. The summed E-state index contributed by atoms with van der Waals surface area (Å²) >= 11 is 1.50. The number of rotatable bonds is 13. The molecular formula is C32H37N5O4S.